The predicted octanol–water partition coefficient (Wildman–Crippen LogP) is 7.92. The van der Waals surface area contributed by atoms with Crippen molar-refractivity contribution in [1.29, 1.82) is 0 Å². The standard InChI is InChI=1S/2C20H17ClF2N4O/c21-13-2-3-15-18(10-13)24-11-25-19(15)27-7-5-14(6-8-27)26-20(28)12-1-4-16(22)17(23)9-12;21-12-1-3-15-18(9-12)24-11-25-19(15)27-7-5-14(6-8-27)26-20(28)16-10-13(22)2-4-17(16)23/h2*1-4,9-11,14H,5-8H2,(H,26,28). The number of halogens is 6. The Hall–Kier alpha value is -5.60. The van der Waals surface area contributed by atoms with Crippen molar-refractivity contribution >= 4 is 68.5 Å². The van der Waals surface area contributed by atoms with E-state index >= 15 is 0 Å². The molecular weight excluding hydrogens is 771 g/mol. The Morgan fingerprint density at radius 3 is 1.59 bits per heavy atom. The molecule has 56 heavy (non-hydrogen) atoms. The zero-order chi connectivity index (χ0) is 39.3. The average molecular weight is 806 g/mol. The first-order valence-electron chi connectivity index (χ1n) is 17.8. The topological polar surface area (TPSA) is 116 Å². The Morgan fingerprint density at radius 1 is 0.571 bits per heavy atom. The SMILES string of the molecule is O=C(NC1CCN(c2ncnc3cc(Cl)ccc23)CC1)c1cc(F)ccc1F.O=C(NC1CCN(c2ncnc3cc(Cl)ccc23)CC1)c1ccc(F)c(F)c1. The summed E-state index contributed by atoms with van der Waals surface area (Å²) in [5, 5.41) is 8.77. The van der Waals surface area contributed by atoms with Crippen LogP contribution >= 0.6 is 23.2 Å². The van der Waals surface area contributed by atoms with E-state index in [1.165, 1.54) is 18.7 Å². The summed E-state index contributed by atoms with van der Waals surface area (Å²) in [6.45, 7) is 2.76. The number of hydrogen-bond acceptors (Lipinski definition) is 8. The van der Waals surface area contributed by atoms with E-state index in [1.807, 2.05) is 18.2 Å². The Morgan fingerprint density at radius 2 is 1.07 bits per heavy atom. The maximum atomic E-state index is 13.8. The van der Waals surface area contributed by atoms with E-state index in [1.54, 1.807) is 18.2 Å². The van der Waals surface area contributed by atoms with Crippen LogP contribution in [0, 0.1) is 23.3 Å². The molecule has 0 unspecified atom stereocenters. The molecule has 0 radical (unpaired) electrons. The highest BCUT2D eigenvalue weighted by Crippen LogP contribution is 2.29. The van der Waals surface area contributed by atoms with Gasteiger partial charge in [0.05, 0.1) is 16.6 Å². The summed E-state index contributed by atoms with van der Waals surface area (Å²) < 4.78 is 53.4. The molecule has 0 saturated carbocycles. The van der Waals surface area contributed by atoms with Crippen LogP contribution in [0.1, 0.15) is 46.4 Å². The van der Waals surface area contributed by atoms with Crippen LogP contribution in [0.4, 0.5) is 29.2 Å². The highest BCUT2D eigenvalue weighted by Gasteiger charge is 2.26. The maximum absolute atomic E-state index is 13.8. The first-order valence-corrected chi connectivity index (χ1v) is 18.6. The summed E-state index contributed by atoms with van der Waals surface area (Å²) >= 11 is 12.1. The van der Waals surface area contributed by atoms with Crippen molar-refractivity contribution in [1.82, 2.24) is 30.6 Å². The zero-order valence-electron chi connectivity index (χ0n) is 29.7. The number of amides is 2. The number of anilines is 2. The second-order valence-electron chi connectivity index (χ2n) is 13.4. The number of fused-ring (bicyclic) bond motifs is 2. The fraction of sp³-hybridized carbons (Fsp3) is 0.250. The monoisotopic (exact) mass is 804 g/mol. The van der Waals surface area contributed by atoms with Crippen molar-refractivity contribution in [3.63, 3.8) is 0 Å². The van der Waals surface area contributed by atoms with E-state index in [2.05, 4.69) is 40.4 Å². The van der Waals surface area contributed by atoms with Gasteiger partial charge in [-0.25, -0.2) is 37.5 Å². The van der Waals surface area contributed by atoms with Crippen LogP contribution in [0.2, 0.25) is 10.0 Å². The van der Waals surface area contributed by atoms with Gasteiger partial charge in [-0.15, -0.1) is 0 Å². The number of hydrogen-bond donors (Lipinski definition) is 2. The number of rotatable bonds is 6. The van der Waals surface area contributed by atoms with Crippen LogP contribution in [-0.4, -0.2) is 70.0 Å². The molecule has 8 rings (SSSR count). The number of nitrogens with zero attached hydrogens (tertiary/aromatic N) is 6. The van der Waals surface area contributed by atoms with Gasteiger partial charge in [-0.3, -0.25) is 9.59 Å². The number of aromatic nitrogens is 4. The van der Waals surface area contributed by atoms with Crippen molar-refractivity contribution in [2.24, 2.45) is 0 Å². The van der Waals surface area contributed by atoms with Crippen LogP contribution in [-0.2, 0) is 0 Å². The normalized spacial score (nSPS) is 15.0. The summed E-state index contributed by atoms with van der Waals surface area (Å²) in [6.07, 6.45) is 5.80. The highest BCUT2D eigenvalue weighted by atomic mass is 35.5. The van der Waals surface area contributed by atoms with Gasteiger partial charge in [0.15, 0.2) is 11.6 Å². The van der Waals surface area contributed by atoms with Gasteiger partial charge < -0.3 is 20.4 Å². The lowest BCUT2D eigenvalue weighted by Crippen LogP contribution is -2.45. The minimum absolute atomic E-state index is 0.0422. The Bertz CT molecular complexity index is 2410. The molecule has 16 heteroatoms. The van der Waals surface area contributed by atoms with E-state index in [0.717, 1.165) is 63.8 Å². The minimum atomic E-state index is -1.03. The van der Waals surface area contributed by atoms with Crippen molar-refractivity contribution in [3.05, 3.63) is 130 Å². The smallest absolute Gasteiger partial charge is 0.254 e. The first kappa shape index (κ1) is 38.7. The van der Waals surface area contributed by atoms with Gasteiger partial charge in [0.25, 0.3) is 11.8 Å². The molecular formula is C40H34Cl2F4N8O2. The molecule has 288 valence electrons. The van der Waals surface area contributed by atoms with E-state index in [-0.39, 0.29) is 23.2 Å². The number of benzene rings is 4. The van der Waals surface area contributed by atoms with E-state index < -0.39 is 35.1 Å². The van der Waals surface area contributed by atoms with Gasteiger partial charge in [0, 0.05) is 64.6 Å². The lowest BCUT2D eigenvalue weighted by atomic mass is 10.0. The third kappa shape index (κ3) is 8.92. The third-order valence-corrected chi connectivity index (χ3v) is 10.2. The Kier molecular flexibility index (Phi) is 11.8. The quantitative estimate of drug-likeness (QED) is 0.163. The third-order valence-electron chi connectivity index (χ3n) is 9.77. The molecule has 4 aromatic carbocycles. The molecule has 0 bridgehead atoms. The first-order chi connectivity index (χ1) is 27.0. The molecule has 2 aromatic heterocycles. The van der Waals surface area contributed by atoms with Crippen molar-refractivity contribution in [3.8, 4) is 0 Å². The van der Waals surface area contributed by atoms with Crippen molar-refractivity contribution in [2.75, 3.05) is 36.0 Å². The van der Waals surface area contributed by atoms with Crippen LogP contribution in [0.5, 0.6) is 0 Å². The van der Waals surface area contributed by atoms with Crippen LogP contribution in [0.15, 0.2) is 85.5 Å². The van der Waals surface area contributed by atoms with Gasteiger partial charge in [-0.2, -0.15) is 0 Å². The van der Waals surface area contributed by atoms with Crippen LogP contribution in [0.3, 0.4) is 0 Å². The molecule has 2 aliphatic rings. The molecule has 6 aromatic rings. The maximum Gasteiger partial charge on any atom is 0.254 e. The molecule has 2 aliphatic heterocycles. The number of piperidine rings is 2. The summed E-state index contributed by atoms with van der Waals surface area (Å²) in [4.78, 5) is 46.2. The molecule has 0 spiro atoms. The second kappa shape index (κ2) is 17.0. The summed E-state index contributed by atoms with van der Waals surface area (Å²) in [6, 6.07) is 16.9. The lowest BCUT2D eigenvalue weighted by molar-refractivity contribution is 0.0919. The summed E-state index contributed by atoms with van der Waals surface area (Å²) in [5.41, 5.74) is 1.39. The van der Waals surface area contributed by atoms with E-state index in [4.69, 9.17) is 23.2 Å². The van der Waals surface area contributed by atoms with Gasteiger partial charge >= 0.3 is 0 Å². The average Bonchev–Trinajstić information content (AvgIpc) is 3.20. The predicted molar refractivity (Wildman–Crippen MR) is 207 cm³/mol. The van der Waals surface area contributed by atoms with Crippen LogP contribution in [0.25, 0.3) is 21.8 Å². The number of carbonyl (C=O) groups is 2. The molecule has 2 saturated heterocycles. The second-order valence-corrected chi connectivity index (χ2v) is 14.3. The molecule has 2 amide bonds. The molecule has 0 atom stereocenters. The summed E-state index contributed by atoms with van der Waals surface area (Å²) in [5.74, 6) is -2.72. The molecule has 4 heterocycles. The van der Waals surface area contributed by atoms with E-state index in [0.29, 0.717) is 61.9 Å². The zero-order valence-corrected chi connectivity index (χ0v) is 31.2. The van der Waals surface area contributed by atoms with Crippen LogP contribution < -0.4 is 20.4 Å². The van der Waals surface area contributed by atoms with Crippen molar-refractivity contribution in [2.45, 2.75) is 37.8 Å². The Labute approximate surface area is 328 Å². The minimum Gasteiger partial charge on any atom is -0.356 e. The molecule has 2 fully saturated rings. The molecule has 0 aliphatic carbocycles. The Balaban J connectivity index is 0.000000172. The van der Waals surface area contributed by atoms with Gasteiger partial charge in [0.1, 0.15) is 35.9 Å². The molecule has 10 nitrogen and oxygen atoms in total. The largest absolute Gasteiger partial charge is 0.356 e. The molecule has 2 N–H and O–H groups in total. The van der Waals surface area contributed by atoms with Gasteiger partial charge in [0.2, 0.25) is 0 Å². The number of nitrogens with one attached hydrogen (secondary N) is 2. The lowest BCUT2D eigenvalue weighted by Gasteiger charge is -2.33. The summed E-state index contributed by atoms with van der Waals surface area (Å²) in [7, 11) is 0. The van der Waals surface area contributed by atoms with E-state index in [9.17, 15) is 27.2 Å². The highest BCUT2D eigenvalue weighted by molar-refractivity contribution is 6.31. The van der Waals surface area contributed by atoms with Gasteiger partial charge in [-0.1, -0.05) is 23.2 Å². The van der Waals surface area contributed by atoms with Gasteiger partial charge in [-0.05, 0) is 98.5 Å². The fourth-order valence-electron chi connectivity index (χ4n) is 6.85. The fourth-order valence-corrected chi connectivity index (χ4v) is 7.18. The van der Waals surface area contributed by atoms with Crippen molar-refractivity contribution < 1.29 is 27.2 Å². The number of carbonyl (C=O) groups excluding carboxylic acids is 2.